The van der Waals surface area contributed by atoms with Gasteiger partial charge in [-0.1, -0.05) is 66.7 Å². The number of nitrogens with zero attached hydrogens (tertiary/aromatic N) is 1. The van der Waals surface area contributed by atoms with E-state index in [1.54, 1.807) is 48.5 Å². The fourth-order valence-corrected chi connectivity index (χ4v) is 3.94. The summed E-state index contributed by atoms with van der Waals surface area (Å²) in [6, 6.07) is 31.4. The lowest BCUT2D eigenvalue weighted by Crippen LogP contribution is -2.29. The molecule has 0 fully saturated rings. The van der Waals surface area contributed by atoms with Gasteiger partial charge in [-0.2, -0.15) is 0 Å². The summed E-state index contributed by atoms with van der Waals surface area (Å²) in [5.41, 5.74) is 4.91. The quantitative estimate of drug-likeness (QED) is 0.429. The molecular weight excluding hydrogens is 412 g/mol. The Hall–Kier alpha value is -4.51. The lowest BCUT2D eigenvalue weighted by atomic mass is 10.1. The van der Waals surface area contributed by atoms with Gasteiger partial charge in [0.2, 0.25) is 0 Å². The van der Waals surface area contributed by atoms with Gasteiger partial charge in [0.1, 0.15) is 0 Å². The molecule has 0 radical (unpaired) electrons. The molecule has 5 heteroatoms. The molecular formula is C28H20N2O3. The van der Waals surface area contributed by atoms with Gasteiger partial charge in [0.05, 0.1) is 17.7 Å². The van der Waals surface area contributed by atoms with Crippen molar-refractivity contribution in [2.24, 2.45) is 0 Å². The van der Waals surface area contributed by atoms with Crippen LogP contribution in [0.1, 0.15) is 36.6 Å². The Morgan fingerprint density at radius 2 is 1.27 bits per heavy atom. The van der Waals surface area contributed by atoms with Crippen LogP contribution in [0, 0.1) is 0 Å². The molecule has 0 bridgehead atoms. The normalized spacial score (nSPS) is 12.5. The van der Waals surface area contributed by atoms with E-state index in [-0.39, 0.29) is 24.3 Å². The van der Waals surface area contributed by atoms with Crippen molar-refractivity contribution in [3.63, 3.8) is 0 Å². The maximum atomic E-state index is 12.7. The molecule has 33 heavy (non-hydrogen) atoms. The van der Waals surface area contributed by atoms with Crippen LogP contribution in [0.3, 0.4) is 0 Å². The minimum atomic E-state index is -0.296. The number of anilines is 1. The molecule has 0 spiro atoms. The van der Waals surface area contributed by atoms with Gasteiger partial charge in [-0.3, -0.25) is 19.3 Å². The fourth-order valence-electron chi connectivity index (χ4n) is 3.94. The molecule has 4 aromatic carbocycles. The average molecular weight is 432 g/mol. The van der Waals surface area contributed by atoms with Gasteiger partial charge >= 0.3 is 0 Å². The highest BCUT2D eigenvalue weighted by atomic mass is 16.2. The Bertz CT molecular complexity index is 1330. The Morgan fingerprint density at radius 3 is 1.94 bits per heavy atom. The van der Waals surface area contributed by atoms with E-state index in [0.29, 0.717) is 22.4 Å². The maximum absolute atomic E-state index is 12.7. The molecule has 5 nitrogen and oxygen atoms in total. The number of carbonyl (C=O) groups is 3. The molecule has 1 aliphatic rings. The van der Waals surface area contributed by atoms with Crippen LogP contribution in [0.2, 0.25) is 0 Å². The summed E-state index contributed by atoms with van der Waals surface area (Å²) in [7, 11) is 0. The molecule has 0 saturated heterocycles. The Morgan fingerprint density at radius 1 is 0.667 bits per heavy atom. The number of fused-ring (bicyclic) bond motifs is 1. The number of imide groups is 1. The van der Waals surface area contributed by atoms with Gasteiger partial charge < -0.3 is 5.32 Å². The van der Waals surface area contributed by atoms with Crippen molar-refractivity contribution in [1.82, 2.24) is 4.90 Å². The van der Waals surface area contributed by atoms with E-state index in [1.165, 1.54) is 4.90 Å². The predicted molar refractivity (Wildman–Crippen MR) is 127 cm³/mol. The molecule has 4 aromatic rings. The van der Waals surface area contributed by atoms with Crippen LogP contribution in [0.25, 0.3) is 11.1 Å². The first-order chi connectivity index (χ1) is 16.1. The number of carbonyl (C=O) groups excluding carboxylic acids is 3. The largest absolute Gasteiger partial charge is 0.322 e. The molecule has 0 aliphatic carbocycles. The van der Waals surface area contributed by atoms with Gasteiger partial charge in [-0.25, -0.2) is 0 Å². The third-order valence-electron chi connectivity index (χ3n) is 5.66. The summed E-state index contributed by atoms with van der Waals surface area (Å²) < 4.78 is 0. The number of hydrogen-bond donors (Lipinski definition) is 1. The summed E-state index contributed by atoms with van der Waals surface area (Å²) in [6.45, 7) is 0.160. The zero-order chi connectivity index (χ0) is 22.8. The standard InChI is InChI=1S/C28H20N2O3/c31-26(29-23-10-6-9-22(17-23)20-7-2-1-3-8-20)21-15-13-19(14-16-21)18-30-27(32)24-11-4-5-12-25(24)28(30)33/h1-17H,18H2,(H,29,31). The molecule has 1 aliphatic heterocycles. The second kappa shape index (κ2) is 8.55. The van der Waals surface area contributed by atoms with Crippen molar-refractivity contribution >= 4 is 23.4 Å². The molecule has 5 rings (SSSR count). The van der Waals surface area contributed by atoms with Crippen molar-refractivity contribution < 1.29 is 14.4 Å². The number of rotatable bonds is 5. The summed E-state index contributed by atoms with van der Waals surface area (Å²) >= 11 is 0. The first-order valence-electron chi connectivity index (χ1n) is 10.6. The predicted octanol–water partition coefficient (Wildman–Crippen LogP) is 5.40. The SMILES string of the molecule is O=C(Nc1cccc(-c2ccccc2)c1)c1ccc(CN2C(=O)c3ccccc3C2=O)cc1. The van der Waals surface area contributed by atoms with Crippen LogP contribution >= 0.6 is 0 Å². The number of amides is 3. The first kappa shape index (κ1) is 20.4. The minimum absolute atomic E-state index is 0.160. The summed E-state index contributed by atoms with van der Waals surface area (Å²) in [5, 5.41) is 2.93. The van der Waals surface area contributed by atoms with E-state index in [0.717, 1.165) is 16.7 Å². The highest BCUT2D eigenvalue weighted by Crippen LogP contribution is 2.25. The molecule has 1 N–H and O–H groups in total. The topological polar surface area (TPSA) is 66.5 Å². The van der Waals surface area contributed by atoms with E-state index in [2.05, 4.69) is 5.32 Å². The zero-order valence-electron chi connectivity index (χ0n) is 17.7. The third kappa shape index (κ3) is 4.04. The van der Waals surface area contributed by atoms with Crippen LogP contribution in [-0.2, 0) is 6.54 Å². The molecule has 0 aromatic heterocycles. The van der Waals surface area contributed by atoms with Crippen LogP contribution in [0.5, 0.6) is 0 Å². The van der Waals surface area contributed by atoms with Crippen molar-refractivity contribution in [3.05, 3.63) is 125 Å². The highest BCUT2D eigenvalue weighted by Gasteiger charge is 2.34. The number of benzene rings is 4. The Balaban J connectivity index is 1.27. The van der Waals surface area contributed by atoms with E-state index in [9.17, 15) is 14.4 Å². The van der Waals surface area contributed by atoms with E-state index in [1.807, 2.05) is 54.6 Å². The third-order valence-corrected chi connectivity index (χ3v) is 5.66. The Kier molecular flexibility index (Phi) is 5.29. The molecule has 0 saturated carbocycles. The van der Waals surface area contributed by atoms with E-state index < -0.39 is 0 Å². The molecule has 1 heterocycles. The van der Waals surface area contributed by atoms with Crippen LogP contribution in [0.4, 0.5) is 5.69 Å². The van der Waals surface area contributed by atoms with Crippen LogP contribution in [-0.4, -0.2) is 22.6 Å². The molecule has 0 atom stereocenters. The monoisotopic (exact) mass is 432 g/mol. The lowest BCUT2D eigenvalue weighted by molar-refractivity contribution is 0.0642. The molecule has 160 valence electrons. The maximum Gasteiger partial charge on any atom is 0.261 e. The summed E-state index contributed by atoms with van der Waals surface area (Å²) in [4.78, 5) is 39.1. The smallest absolute Gasteiger partial charge is 0.261 e. The average Bonchev–Trinajstić information content (AvgIpc) is 3.10. The van der Waals surface area contributed by atoms with Gasteiger partial charge in [-0.15, -0.1) is 0 Å². The van der Waals surface area contributed by atoms with Crippen LogP contribution in [0.15, 0.2) is 103 Å². The van der Waals surface area contributed by atoms with E-state index in [4.69, 9.17) is 0 Å². The second-order valence-corrected chi connectivity index (χ2v) is 7.84. The zero-order valence-corrected chi connectivity index (χ0v) is 17.7. The first-order valence-corrected chi connectivity index (χ1v) is 10.6. The van der Waals surface area contributed by atoms with Crippen molar-refractivity contribution in [1.29, 1.82) is 0 Å². The number of nitrogens with one attached hydrogen (secondary N) is 1. The van der Waals surface area contributed by atoms with Crippen molar-refractivity contribution in [2.45, 2.75) is 6.54 Å². The summed E-state index contributed by atoms with van der Waals surface area (Å²) in [6.07, 6.45) is 0. The van der Waals surface area contributed by atoms with Gasteiger partial charge in [0.25, 0.3) is 17.7 Å². The second-order valence-electron chi connectivity index (χ2n) is 7.84. The lowest BCUT2D eigenvalue weighted by Gasteiger charge is -2.14. The Labute approximate surface area is 191 Å². The van der Waals surface area contributed by atoms with Gasteiger partial charge in [0.15, 0.2) is 0 Å². The van der Waals surface area contributed by atoms with Crippen molar-refractivity contribution in [3.8, 4) is 11.1 Å². The molecule has 0 unspecified atom stereocenters. The highest BCUT2D eigenvalue weighted by molar-refractivity contribution is 6.21. The van der Waals surface area contributed by atoms with Crippen molar-refractivity contribution in [2.75, 3.05) is 5.32 Å². The minimum Gasteiger partial charge on any atom is -0.322 e. The fraction of sp³-hybridized carbons (Fsp3) is 0.0357. The van der Waals surface area contributed by atoms with Gasteiger partial charge in [0, 0.05) is 11.3 Å². The molecule has 3 amide bonds. The van der Waals surface area contributed by atoms with Gasteiger partial charge in [-0.05, 0) is 53.1 Å². The number of hydrogen-bond acceptors (Lipinski definition) is 3. The van der Waals surface area contributed by atoms with Crippen LogP contribution < -0.4 is 5.32 Å². The summed E-state index contributed by atoms with van der Waals surface area (Å²) in [5.74, 6) is -0.820. The van der Waals surface area contributed by atoms with E-state index >= 15 is 0 Å².